The highest BCUT2D eigenvalue weighted by Gasteiger charge is 2.10. The van der Waals surface area contributed by atoms with Crippen LogP contribution in [0.25, 0.3) is 0 Å². The van der Waals surface area contributed by atoms with Gasteiger partial charge in [0, 0.05) is 39.3 Å². The van der Waals surface area contributed by atoms with E-state index in [4.69, 9.17) is 4.74 Å². The van der Waals surface area contributed by atoms with Crippen LogP contribution in [0.3, 0.4) is 0 Å². The maximum absolute atomic E-state index is 5.33. The second-order valence-corrected chi connectivity index (χ2v) is 4.69. The second kappa shape index (κ2) is 7.96. The first-order chi connectivity index (χ1) is 9.83. The molecule has 1 saturated heterocycles. The van der Waals surface area contributed by atoms with Crippen LogP contribution >= 0.6 is 0 Å². The Labute approximate surface area is 120 Å². The summed E-state index contributed by atoms with van der Waals surface area (Å²) < 4.78 is 5.33. The van der Waals surface area contributed by atoms with E-state index in [1.165, 1.54) is 0 Å². The molecule has 112 valence electrons. The molecule has 0 amide bonds. The average molecular weight is 280 g/mol. The van der Waals surface area contributed by atoms with E-state index in [2.05, 4.69) is 44.1 Å². The van der Waals surface area contributed by atoms with Gasteiger partial charge in [-0.25, -0.2) is 0 Å². The van der Waals surface area contributed by atoms with Gasteiger partial charge in [-0.3, -0.25) is 4.90 Å². The summed E-state index contributed by atoms with van der Waals surface area (Å²) in [6, 6.07) is 0. The van der Waals surface area contributed by atoms with Gasteiger partial charge in [-0.05, 0) is 13.8 Å². The maximum Gasteiger partial charge on any atom is 0.244 e. The van der Waals surface area contributed by atoms with Crippen molar-refractivity contribution in [1.29, 1.82) is 0 Å². The van der Waals surface area contributed by atoms with Crippen LogP contribution < -0.4 is 10.2 Å². The van der Waals surface area contributed by atoms with E-state index in [9.17, 15) is 0 Å². The quantitative estimate of drug-likeness (QED) is 0.778. The van der Waals surface area contributed by atoms with Gasteiger partial charge in [0.2, 0.25) is 5.95 Å². The molecule has 1 aromatic heterocycles. The highest BCUT2D eigenvalue weighted by atomic mass is 16.5. The van der Waals surface area contributed by atoms with Crippen LogP contribution in [0.1, 0.15) is 13.8 Å². The molecule has 1 aromatic rings. The Morgan fingerprint density at radius 2 is 2.05 bits per heavy atom. The minimum absolute atomic E-state index is 0.600. The van der Waals surface area contributed by atoms with Crippen molar-refractivity contribution in [3.05, 3.63) is 6.20 Å². The Kier molecular flexibility index (Phi) is 5.94. The molecule has 0 atom stereocenters. The smallest absolute Gasteiger partial charge is 0.244 e. The lowest BCUT2D eigenvalue weighted by Crippen LogP contribution is -2.39. The summed E-state index contributed by atoms with van der Waals surface area (Å²) >= 11 is 0. The van der Waals surface area contributed by atoms with Gasteiger partial charge in [-0.15, -0.1) is 5.10 Å². The molecule has 2 heterocycles. The Morgan fingerprint density at radius 1 is 1.30 bits per heavy atom. The lowest BCUT2D eigenvalue weighted by atomic mass is 10.4. The number of morpholine rings is 1. The number of hydrogen-bond acceptors (Lipinski definition) is 7. The minimum atomic E-state index is 0.600. The summed E-state index contributed by atoms with van der Waals surface area (Å²) in [5.74, 6) is 1.47. The molecule has 7 heteroatoms. The Morgan fingerprint density at radius 3 is 2.75 bits per heavy atom. The molecule has 1 aliphatic heterocycles. The SMILES string of the molecule is CCN(CC)c1cnnc(NCCN2CCOCC2)n1. The first kappa shape index (κ1) is 14.9. The summed E-state index contributed by atoms with van der Waals surface area (Å²) in [5.41, 5.74) is 0. The standard InChI is InChI=1S/C13H24N6O/c1-3-19(4-2)12-11-15-17-13(16-12)14-5-6-18-7-9-20-10-8-18/h11H,3-10H2,1-2H3,(H,14,16,17). The molecule has 0 radical (unpaired) electrons. The average Bonchev–Trinajstić information content (AvgIpc) is 2.50. The third kappa shape index (κ3) is 4.28. The van der Waals surface area contributed by atoms with Crippen LogP contribution in [0.5, 0.6) is 0 Å². The van der Waals surface area contributed by atoms with Crippen LogP contribution in [0.15, 0.2) is 6.20 Å². The van der Waals surface area contributed by atoms with Gasteiger partial charge in [0.1, 0.15) is 0 Å². The topological polar surface area (TPSA) is 66.4 Å². The van der Waals surface area contributed by atoms with Gasteiger partial charge in [-0.2, -0.15) is 10.1 Å². The van der Waals surface area contributed by atoms with Crippen molar-refractivity contribution >= 4 is 11.8 Å². The molecule has 0 spiro atoms. The van der Waals surface area contributed by atoms with E-state index in [0.717, 1.165) is 58.3 Å². The van der Waals surface area contributed by atoms with Crippen molar-refractivity contribution in [2.45, 2.75) is 13.8 Å². The van der Waals surface area contributed by atoms with Crippen molar-refractivity contribution in [2.75, 3.05) is 62.7 Å². The molecule has 0 aromatic carbocycles. The Bertz CT molecular complexity index is 392. The fraction of sp³-hybridized carbons (Fsp3) is 0.769. The van der Waals surface area contributed by atoms with E-state index >= 15 is 0 Å². The van der Waals surface area contributed by atoms with E-state index in [0.29, 0.717) is 5.95 Å². The summed E-state index contributed by atoms with van der Waals surface area (Å²) in [7, 11) is 0. The van der Waals surface area contributed by atoms with Crippen LogP contribution in [-0.2, 0) is 4.74 Å². The molecule has 0 saturated carbocycles. The van der Waals surface area contributed by atoms with Gasteiger partial charge >= 0.3 is 0 Å². The van der Waals surface area contributed by atoms with Gasteiger partial charge in [0.05, 0.1) is 19.4 Å². The zero-order chi connectivity index (χ0) is 14.2. The first-order valence-electron chi connectivity index (χ1n) is 7.32. The van der Waals surface area contributed by atoms with E-state index in [1.807, 2.05) is 0 Å². The minimum Gasteiger partial charge on any atom is -0.379 e. The monoisotopic (exact) mass is 280 g/mol. The number of aromatic nitrogens is 3. The highest BCUT2D eigenvalue weighted by molar-refractivity contribution is 5.39. The van der Waals surface area contributed by atoms with E-state index < -0.39 is 0 Å². The number of anilines is 2. The predicted molar refractivity (Wildman–Crippen MR) is 79.1 cm³/mol. The summed E-state index contributed by atoms with van der Waals surface area (Å²) in [5, 5.41) is 11.3. The number of nitrogens with zero attached hydrogens (tertiary/aromatic N) is 5. The zero-order valence-corrected chi connectivity index (χ0v) is 12.4. The van der Waals surface area contributed by atoms with Crippen molar-refractivity contribution in [2.24, 2.45) is 0 Å². The Balaban J connectivity index is 1.81. The van der Waals surface area contributed by atoms with Crippen LogP contribution in [0, 0.1) is 0 Å². The number of nitrogens with one attached hydrogen (secondary N) is 1. The Hall–Kier alpha value is -1.47. The predicted octanol–water partition coefficient (Wildman–Crippen LogP) is 0.462. The van der Waals surface area contributed by atoms with Crippen molar-refractivity contribution in [1.82, 2.24) is 20.1 Å². The van der Waals surface area contributed by atoms with E-state index in [-0.39, 0.29) is 0 Å². The third-order valence-electron chi connectivity index (χ3n) is 3.45. The third-order valence-corrected chi connectivity index (χ3v) is 3.45. The van der Waals surface area contributed by atoms with Gasteiger partial charge < -0.3 is 15.0 Å². The number of ether oxygens (including phenoxy) is 1. The molecule has 0 bridgehead atoms. The van der Waals surface area contributed by atoms with Crippen molar-refractivity contribution in [3.63, 3.8) is 0 Å². The lowest BCUT2D eigenvalue weighted by molar-refractivity contribution is 0.0398. The lowest BCUT2D eigenvalue weighted by Gasteiger charge is -2.26. The molecular formula is C13H24N6O. The largest absolute Gasteiger partial charge is 0.379 e. The van der Waals surface area contributed by atoms with Gasteiger partial charge in [-0.1, -0.05) is 0 Å². The van der Waals surface area contributed by atoms with E-state index in [1.54, 1.807) is 6.20 Å². The van der Waals surface area contributed by atoms with Gasteiger partial charge in [0.25, 0.3) is 0 Å². The number of rotatable bonds is 7. The maximum atomic E-state index is 5.33. The fourth-order valence-corrected chi connectivity index (χ4v) is 2.22. The molecule has 0 aliphatic carbocycles. The molecule has 0 unspecified atom stereocenters. The fourth-order valence-electron chi connectivity index (χ4n) is 2.22. The van der Waals surface area contributed by atoms with Crippen LogP contribution in [-0.4, -0.2) is 72.6 Å². The summed E-state index contributed by atoms with van der Waals surface area (Å²) in [6.45, 7) is 11.5. The summed E-state index contributed by atoms with van der Waals surface area (Å²) in [6.07, 6.45) is 1.71. The molecule has 1 N–H and O–H groups in total. The van der Waals surface area contributed by atoms with Crippen LogP contribution in [0.2, 0.25) is 0 Å². The number of hydrogen-bond donors (Lipinski definition) is 1. The van der Waals surface area contributed by atoms with Crippen LogP contribution in [0.4, 0.5) is 11.8 Å². The molecule has 1 aliphatic rings. The molecule has 20 heavy (non-hydrogen) atoms. The van der Waals surface area contributed by atoms with Gasteiger partial charge in [0.15, 0.2) is 5.82 Å². The highest BCUT2D eigenvalue weighted by Crippen LogP contribution is 2.09. The normalized spacial score (nSPS) is 16.1. The second-order valence-electron chi connectivity index (χ2n) is 4.69. The summed E-state index contributed by atoms with van der Waals surface area (Å²) in [4.78, 5) is 9.02. The molecule has 1 fully saturated rings. The first-order valence-corrected chi connectivity index (χ1v) is 7.32. The van der Waals surface area contributed by atoms with Crippen molar-refractivity contribution in [3.8, 4) is 0 Å². The van der Waals surface area contributed by atoms with Crippen molar-refractivity contribution < 1.29 is 4.74 Å². The zero-order valence-electron chi connectivity index (χ0n) is 12.4. The molecule has 7 nitrogen and oxygen atoms in total. The molecule has 2 rings (SSSR count). The molecular weight excluding hydrogens is 256 g/mol.